The Kier molecular flexibility index (Phi) is 6.97. The molecule has 0 amide bonds. The second kappa shape index (κ2) is 8.50. The summed E-state index contributed by atoms with van der Waals surface area (Å²) in [5.41, 5.74) is 0. The van der Waals surface area contributed by atoms with E-state index in [1.54, 1.807) is 0 Å². The van der Waals surface area contributed by atoms with Gasteiger partial charge in [-0.1, -0.05) is 20.8 Å². The van der Waals surface area contributed by atoms with Crippen molar-refractivity contribution in [1.29, 1.82) is 0 Å². The van der Waals surface area contributed by atoms with Crippen molar-refractivity contribution in [3.63, 3.8) is 0 Å². The minimum atomic E-state index is 0.438. The molecule has 0 aromatic rings. The van der Waals surface area contributed by atoms with Crippen molar-refractivity contribution in [3.8, 4) is 0 Å². The lowest BCUT2D eigenvalue weighted by atomic mass is 9.86. The van der Waals surface area contributed by atoms with Gasteiger partial charge in [-0.15, -0.1) is 0 Å². The summed E-state index contributed by atoms with van der Waals surface area (Å²) in [6.45, 7) is 10.2. The summed E-state index contributed by atoms with van der Waals surface area (Å²) in [5, 5.41) is 3.53. The molecule has 1 saturated heterocycles. The van der Waals surface area contributed by atoms with E-state index in [1.807, 2.05) is 0 Å². The maximum atomic E-state index is 6.22. The maximum Gasteiger partial charge on any atom is 0.0707 e. The van der Waals surface area contributed by atoms with Crippen LogP contribution in [-0.2, 0) is 4.74 Å². The van der Waals surface area contributed by atoms with Crippen molar-refractivity contribution in [2.45, 2.75) is 77.5 Å². The number of hydrogen-bond donors (Lipinski definition) is 1. The second-order valence-electron chi connectivity index (χ2n) is 7.86. The number of likely N-dealkylation sites (N-methyl/N-ethyl adjacent to an activating group) is 1. The fourth-order valence-electron chi connectivity index (χ4n) is 3.75. The van der Waals surface area contributed by atoms with Crippen LogP contribution < -0.4 is 5.32 Å². The van der Waals surface area contributed by atoms with Gasteiger partial charge < -0.3 is 15.0 Å². The van der Waals surface area contributed by atoms with Crippen LogP contribution in [0.3, 0.4) is 0 Å². The highest BCUT2D eigenvalue weighted by molar-refractivity contribution is 4.82. The van der Waals surface area contributed by atoms with Gasteiger partial charge in [-0.05, 0) is 64.0 Å². The molecule has 1 aliphatic carbocycles. The van der Waals surface area contributed by atoms with Crippen molar-refractivity contribution < 1.29 is 4.74 Å². The zero-order chi connectivity index (χ0) is 15.2. The highest BCUT2D eigenvalue weighted by atomic mass is 16.5. The molecule has 2 rings (SSSR count). The number of rotatable bonds is 7. The Labute approximate surface area is 131 Å². The fraction of sp³-hybridized carbons (Fsp3) is 1.00. The Balaban J connectivity index is 1.63. The van der Waals surface area contributed by atoms with Crippen LogP contribution in [0.2, 0.25) is 0 Å². The number of nitrogens with one attached hydrogen (secondary N) is 1. The van der Waals surface area contributed by atoms with Crippen molar-refractivity contribution in [2.75, 3.05) is 26.7 Å². The van der Waals surface area contributed by atoms with Gasteiger partial charge in [0.1, 0.15) is 0 Å². The summed E-state index contributed by atoms with van der Waals surface area (Å²) in [6, 6.07) is 0.794. The minimum Gasteiger partial charge on any atom is -0.372 e. The smallest absolute Gasteiger partial charge is 0.0707 e. The Morgan fingerprint density at radius 1 is 1.05 bits per heavy atom. The Morgan fingerprint density at radius 3 is 2.38 bits per heavy atom. The van der Waals surface area contributed by atoms with Crippen molar-refractivity contribution in [3.05, 3.63) is 0 Å². The van der Waals surface area contributed by atoms with Crippen LogP contribution in [-0.4, -0.2) is 49.8 Å². The van der Waals surface area contributed by atoms with E-state index in [4.69, 9.17) is 4.74 Å². The van der Waals surface area contributed by atoms with Gasteiger partial charge in [0.15, 0.2) is 0 Å². The summed E-state index contributed by atoms with van der Waals surface area (Å²) < 4.78 is 6.22. The average Bonchev–Trinajstić information content (AvgIpc) is 2.86. The van der Waals surface area contributed by atoms with E-state index >= 15 is 0 Å². The molecule has 3 nitrogen and oxygen atoms in total. The van der Waals surface area contributed by atoms with E-state index in [0.29, 0.717) is 12.2 Å². The molecule has 0 bridgehead atoms. The average molecular weight is 296 g/mol. The van der Waals surface area contributed by atoms with E-state index in [1.165, 1.54) is 38.5 Å². The molecule has 2 fully saturated rings. The monoisotopic (exact) mass is 296 g/mol. The van der Waals surface area contributed by atoms with Gasteiger partial charge in [-0.25, -0.2) is 0 Å². The molecule has 2 aliphatic rings. The Morgan fingerprint density at radius 2 is 1.71 bits per heavy atom. The third-order valence-electron chi connectivity index (χ3n) is 5.22. The Bertz CT molecular complexity index is 287. The number of nitrogens with zero attached hydrogens (tertiary/aromatic N) is 1. The van der Waals surface area contributed by atoms with Crippen LogP contribution in [0, 0.1) is 11.8 Å². The van der Waals surface area contributed by atoms with Gasteiger partial charge in [-0.3, -0.25) is 0 Å². The molecule has 2 unspecified atom stereocenters. The Hall–Kier alpha value is -0.120. The first-order chi connectivity index (χ1) is 10.0. The highest BCUT2D eigenvalue weighted by Crippen LogP contribution is 2.28. The molecular weight excluding hydrogens is 260 g/mol. The SMILES string of the molecule is CC(C)CNCC1CCC(CN(C)C2CCC(C)CC2)O1. The fourth-order valence-corrected chi connectivity index (χ4v) is 3.75. The zero-order valence-corrected chi connectivity index (χ0v) is 14.6. The van der Waals surface area contributed by atoms with Crippen LogP contribution in [0.15, 0.2) is 0 Å². The molecule has 1 N–H and O–H groups in total. The van der Waals surface area contributed by atoms with Crippen LogP contribution in [0.4, 0.5) is 0 Å². The number of ether oxygens (including phenoxy) is 1. The normalized spacial score (nSPS) is 34.0. The maximum absolute atomic E-state index is 6.22. The molecule has 1 heterocycles. The van der Waals surface area contributed by atoms with Gasteiger partial charge in [0.2, 0.25) is 0 Å². The topological polar surface area (TPSA) is 24.5 Å². The molecule has 0 radical (unpaired) electrons. The largest absolute Gasteiger partial charge is 0.372 e. The standard InChI is InChI=1S/C18H36N2O/c1-14(2)11-19-12-17-9-10-18(21-17)13-20(4)16-7-5-15(3)6-8-16/h14-19H,5-13H2,1-4H3. The van der Waals surface area contributed by atoms with Crippen molar-refractivity contribution in [1.82, 2.24) is 10.2 Å². The van der Waals surface area contributed by atoms with E-state index in [-0.39, 0.29) is 0 Å². The summed E-state index contributed by atoms with van der Waals surface area (Å²) in [7, 11) is 2.30. The molecular formula is C18H36N2O. The van der Waals surface area contributed by atoms with Crippen molar-refractivity contribution in [2.24, 2.45) is 11.8 Å². The van der Waals surface area contributed by atoms with E-state index in [0.717, 1.165) is 37.5 Å². The van der Waals surface area contributed by atoms with Gasteiger partial charge in [0.05, 0.1) is 12.2 Å². The van der Waals surface area contributed by atoms with E-state index < -0.39 is 0 Å². The molecule has 0 aromatic carbocycles. The molecule has 0 spiro atoms. The summed E-state index contributed by atoms with van der Waals surface area (Å²) in [5.74, 6) is 1.66. The minimum absolute atomic E-state index is 0.438. The van der Waals surface area contributed by atoms with Crippen LogP contribution >= 0.6 is 0 Å². The summed E-state index contributed by atoms with van der Waals surface area (Å²) >= 11 is 0. The number of hydrogen-bond acceptors (Lipinski definition) is 3. The molecule has 0 aromatic heterocycles. The summed E-state index contributed by atoms with van der Waals surface area (Å²) in [6.07, 6.45) is 8.93. The predicted octanol–water partition coefficient (Wildman–Crippen LogP) is 3.29. The van der Waals surface area contributed by atoms with Crippen LogP contribution in [0.25, 0.3) is 0 Å². The van der Waals surface area contributed by atoms with Gasteiger partial charge in [0.25, 0.3) is 0 Å². The first-order valence-electron chi connectivity index (χ1n) is 9.11. The van der Waals surface area contributed by atoms with Gasteiger partial charge in [-0.2, -0.15) is 0 Å². The molecule has 1 saturated carbocycles. The lowest BCUT2D eigenvalue weighted by Gasteiger charge is -2.34. The molecule has 2 atom stereocenters. The highest BCUT2D eigenvalue weighted by Gasteiger charge is 2.28. The van der Waals surface area contributed by atoms with E-state index in [2.05, 4.69) is 38.0 Å². The third kappa shape index (κ3) is 5.88. The molecule has 3 heteroatoms. The first-order valence-corrected chi connectivity index (χ1v) is 9.11. The van der Waals surface area contributed by atoms with Crippen LogP contribution in [0.1, 0.15) is 59.3 Å². The van der Waals surface area contributed by atoms with Gasteiger partial charge >= 0.3 is 0 Å². The lowest BCUT2D eigenvalue weighted by molar-refractivity contribution is 0.0157. The predicted molar refractivity (Wildman–Crippen MR) is 89.7 cm³/mol. The van der Waals surface area contributed by atoms with Crippen molar-refractivity contribution >= 4 is 0 Å². The quantitative estimate of drug-likeness (QED) is 0.780. The molecule has 21 heavy (non-hydrogen) atoms. The molecule has 124 valence electrons. The van der Waals surface area contributed by atoms with Crippen LogP contribution in [0.5, 0.6) is 0 Å². The summed E-state index contributed by atoms with van der Waals surface area (Å²) in [4.78, 5) is 2.57. The van der Waals surface area contributed by atoms with E-state index in [9.17, 15) is 0 Å². The third-order valence-corrected chi connectivity index (χ3v) is 5.22. The van der Waals surface area contributed by atoms with Gasteiger partial charge in [0, 0.05) is 19.1 Å². The molecule has 1 aliphatic heterocycles. The zero-order valence-electron chi connectivity index (χ0n) is 14.6. The lowest BCUT2D eigenvalue weighted by Crippen LogP contribution is -2.40. The first kappa shape index (κ1) is 17.2. The second-order valence-corrected chi connectivity index (χ2v) is 7.86.